The molecule has 0 bridgehead atoms. The van der Waals surface area contributed by atoms with Crippen LogP contribution in [0.5, 0.6) is 0 Å². The van der Waals surface area contributed by atoms with E-state index in [0.717, 1.165) is 17.5 Å². The van der Waals surface area contributed by atoms with Crippen molar-refractivity contribution in [3.63, 3.8) is 0 Å². The van der Waals surface area contributed by atoms with Gasteiger partial charge in [0.25, 0.3) is 5.56 Å². The van der Waals surface area contributed by atoms with Gasteiger partial charge in [0.05, 0.1) is 11.7 Å². The lowest BCUT2D eigenvalue weighted by atomic mass is 10.0. The monoisotopic (exact) mass is 382 g/mol. The second kappa shape index (κ2) is 8.35. The molecule has 3 aromatic rings. The van der Waals surface area contributed by atoms with Crippen LogP contribution in [0.1, 0.15) is 38.8 Å². The molecular weight excluding hydrogens is 360 g/mol. The lowest BCUT2D eigenvalue weighted by molar-refractivity contribution is 0.549. The van der Waals surface area contributed by atoms with Gasteiger partial charge in [0.1, 0.15) is 0 Å². The number of rotatable bonds is 6. The van der Waals surface area contributed by atoms with Gasteiger partial charge in [-0.05, 0) is 50.1 Å². The van der Waals surface area contributed by atoms with Crippen LogP contribution in [0, 0.1) is 0 Å². The fraction of sp³-hybridized carbons (Fsp3) is 0.286. The summed E-state index contributed by atoms with van der Waals surface area (Å²) in [6.07, 6.45) is 4.30. The Bertz CT molecular complexity index is 984. The first-order valence-corrected chi connectivity index (χ1v) is 9.43. The summed E-state index contributed by atoms with van der Waals surface area (Å²) in [5.41, 5.74) is 2.43. The van der Waals surface area contributed by atoms with Gasteiger partial charge in [-0.2, -0.15) is 0 Å². The molecule has 1 N–H and O–H groups in total. The molecule has 0 aliphatic heterocycles. The predicted octanol–water partition coefficient (Wildman–Crippen LogP) is 4.78. The lowest BCUT2D eigenvalue weighted by Gasteiger charge is -2.19. The second-order valence-electron chi connectivity index (χ2n) is 6.70. The van der Waals surface area contributed by atoms with Gasteiger partial charge in [-0.3, -0.25) is 4.79 Å². The number of aromatic nitrogens is 3. The molecule has 2 aromatic heterocycles. The van der Waals surface area contributed by atoms with Gasteiger partial charge in [-0.15, -0.1) is 0 Å². The third-order valence-corrected chi connectivity index (χ3v) is 4.51. The summed E-state index contributed by atoms with van der Waals surface area (Å²) in [4.78, 5) is 21.5. The van der Waals surface area contributed by atoms with Crippen LogP contribution in [0.25, 0.3) is 11.3 Å². The van der Waals surface area contributed by atoms with E-state index in [-0.39, 0.29) is 17.6 Å². The number of nitrogens with zero attached hydrogens (tertiary/aromatic N) is 3. The van der Waals surface area contributed by atoms with Crippen LogP contribution in [0.3, 0.4) is 0 Å². The van der Waals surface area contributed by atoms with Crippen molar-refractivity contribution in [2.75, 3.05) is 5.32 Å². The number of benzene rings is 1. The summed E-state index contributed by atoms with van der Waals surface area (Å²) in [5.74, 6) is 0.553. The molecule has 1 atom stereocenters. The molecule has 2 heterocycles. The molecule has 0 spiro atoms. The quantitative estimate of drug-likeness (QED) is 0.666. The van der Waals surface area contributed by atoms with Gasteiger partial charge < -0.3 is 9.88 Å². The van der Waals surface area contributed by atoms with Gasteiger partial charge >= 0.3 is 0 Å². The van der Waals surface area contributed by atoms with Crippen LogP contribution in [-0.4, -0.2) is 20.6 Å². The maximum atomic E-state index is 12.8. The Hall–Kier alpha value is -2.66. The molecule has 1 aromatic carbocycles. The van der Waals surface area contributed by atoms with Gasteiger partial charge in [0.2, 0.25) is 5.95 Å². The van der Waals surface area contributed by atoms with Gasteiger partial charge in [-0.1, -0.05) is 30.7 Å². The van der Waals surface area contributed by atoms with E-state index in [2.05, 4.69) is 22.2 Å². The van der Waals surface area contributed by atoms with Crippen molar-refractivity contribution in [2.24, 2.45) is 0 Å². The van der Waals surface area contributed by atoms with Gasteiger partial charge in [-0.25, -0.2) is 9.97 Å². The van der Waals surface area contributed by atoms with Crippen molar-refractivity contribution in [1.82, 2.24) is 14.5 Å². The highest BCUT2D eigenvalue weighted by Gasteiger charge is 2.14. The minimum atomic E-state index is -0.0729. The van der Waals surface area contributed by atoms with E-state index in [4.69, 9.17) is 11.6 Å². The minimum absolute atomic E-state index is 0.0613. The average Bonchev–Trinajstić information content (AvgIpc) is 2.63. The van der Waals surface area contributed by atoms with Gasteiger partial charge in [0.15, 0.2) is 0 Å². The molecule has 3 rings (SSSR count). The lowest BCUT2D eigenvalue weighted by Crippen LogP contribution is -2.24. The molecule has 0 saturated heterocycles. The first-order valence-electron chi connectivity index (χ1n) is 9.05. The molecule has 0 amide bonds. The van der Waals surface area contributed by atoms with E-state index in [0.29, 0.717) is 16.7 Å². The number of pyridine rings is 1. The topological polar surface area (TPSA) is 59.8 Å². The summed E-state index contributed by atoms with van der Waals surface area (Å²) < 4.78 is 1.74. The minimum Gasteiger partial charge on any atom is -0.352 e. The zero-order valence-electron chi connectivity index (χ0n) is 15.7. The van der Waals surface area contributed by atoms with Crippen LogP contribution < -0.4 is 10.9 Å². The van der Waals surface area contributed by atoms with Crippen LogP contribution in [0.2, 0.25) is 5.02 Å². The van der Waals surface area contributed by atoms with Crippen molar-refractivity contribution < 1.29 is 0 Å². The maximum absolute atomic E-state index is 12.8. The van der Waals surface area contributed by atoms with Crippen molar-refractivity contribution in [3.05, 3.63) is 75.8 Å². The summed E-state index contributed by atoms with van der Waals surface area (Å²) >= 11 is 6.12. The number of hydrogen-bond acceptors (Lipinski definition) is 4. The Morgan fingerprint density at radius 1 is 1.19 bits per heavy atom. The fourth-order valence-electron chi connectivity index (χ4n) is 3.06. The zero-order chi connectivity index (χ0) is 19.4. The van der Waals surface area contributed by atoms with Gasteiger partial charge in [0, 0.05) is 35.1 Å². The predicted molar refractivity (Wildman–Crippen MR) is 110 cm³/mol. The summed E-state index contributed by atoms with van der Waals surface area (Å²) in [7, 11) is 0. The van der Waals surface area contributed by atoms with E-state index in [1.807, 2.05) is 50.4 Å². The van der Waals surface area contributed by atoms with Crippen molar-refractivity contribution in [3.8, 4) is 11.3 Å². The SMILES string of the molecule is CCC(c1cccc(Cl)c1)n1ccc(-c2ccnc(NC(C)C)n2)cc1=O. The fourth-order valence-corrected chi connectivity index (χ4v) is 3.26. The third kappa shape index (κ3) is 4.55. The van der Waals surface area contributed by atoms with Crippen LogP contribution in [-0.2, 0) is 0 Å². The highest BCUT2D eigenvalue weighted by Crippen LogP contribution is 2.24. The number of nitrogens with one attached hydrogen (secondary N) is 1. The molecule has 27 heavy (non-hydrogen) atoms. The first-order chi connectivity index (χ1) is 13.0. The molecule has 0 fully saturated rings. The molecule has 0 aliphatic rings. The zero-order valence-corrected chi connectivity index (χ0v) is 16.4. The second-order valence-corrected chi connectivity index (χ2v) is 7.14. The van der Waals surface area contributed by atoms with E-state index in [1.165, 1.54) is 0 Å². The van der Waals surface area contributed by atoms with Crippen LogP contribution in [0.4, 0.5) is 5.95 Å². The molecule has 0 aliphatic carbocycles. The normalized spacial score (nSPS) is 12.2. The Balaban J connectivity index is 1.95. The standard InChI is InChI=1S/C21H23ClN4O/c1-4-19(16-6-5-7-17(22)12-16)26-11-9-15(13-20(26)27)18-8-10-23-21(25-18)24-14(2)3/h5-14,19H,4H2,1-3H3,(H,23,24,25). The highest BCUT2D eigenvalue weighted by molar-refractivity contribution is 6.30. The Morgan fingerprint density at radius 3 is 2.67 bits per heavy atom. The van der Waals surface area contributed by atoms with E-state index in [1.54, 1.807) is 22.9 Å². The van der Waals surface area contributed by atoms with Crippen molar-refractivity contribution in [2.45, 2.75) is 39.3 Å². The smallest absolute Gasteiger partial charge is 0.251 e. The van der Waals surface area contributed by atoms with Crippen molar-refractivity contribution in [1.29, 1.82) is 0 Å². The molecule has 140 valence electrons. The molecule has 6 heteroatoms. The van der Waals surface area contributed by atoms with E-state index < -0.39 is 0 Å². The number of hydrogen-bond donors (Lipinski definition) is 1. The van der Waals surface area contributed by atoms with Crippen LogP contribution in [0.15, 0.2) is 59.7 Å². The summed E-state index contributed by atoms with van der Waals surface area (Å²) in [6.45, 7) is 6.11. The maximum Gasteiger partial charge on any atom is 0.251 e. The Labute approximate surface area is 164 Å². The number of anilines is 1. The summed E-state index contributed by atoms with van der Waals surface area (Å²) in [6, 6.07) is 13.2. The highest BCUT2D eigenvalue weighted by atomic mass is 35.5. The average molecular weight is 383 g/mol. The Kier molecular flexibility index (Phi) is 5.91. The van der Waals surface area contributed by atoms with Crippen LogP contribution >= 0.6 is 11.6 Å². The first kappa shape index (κ1) is 19.1. The molecule has 0 radical (unpaired) electrons. The molecule has 1 unspecified atom stereocenters. The van der Waals surface area contributed by atoms with E-state index >= 15 is 0 Å². The largest absolute Gasteiger partial charge is 0.352 e. The third-order valence-electron chi connectivity index (χ3n) is 4.27. The van der Waals surface area contributed by atoms with Crippen molar-refractivity contribution >= 4 is 17.5 Å². The Morgan fingerprint density at radius 2 is 2.00 bits per heavy atom. The summed E-state index contributed by atoms with van der Waals surface area (Å²) in [5, 5.41) is 3.85. The number of halogens is 1. The van der Waals surface area contributed by atoms with E-state index in [9.17, 15) is 4.79 Å². The molecule has 5 nitrogen and oxygen atoms in total. The molecular formula is C21H23ClN4O. The molecule has 0 saturated carbocycles.